The largest absolute Gasteiger partial charge is 0.320 e. The van der Waals surface area contributed by atoms with Crippen molar-refractivity contribution < 1.29 is 0 Å². The Hall–Kier alpha value is -1.35. The summed E-state index contributed by atoms with van der Waals surface area (Å²) >= 11 is 5.69. The molecule has 1 rings (SSSR count). The lowest BCUT2D eigenvalue weighted by Gasteiger charge is -2.04. The normalized spacial score (nSPS) is 11.6. The molecule has 0 unspecified atom stereocenters. The van der Waals surface area contributed by atoms with E-state index < -0.39 is 0 Å². The molecule has 0 aliphatic heterocycles. The van der Waals surface area contributed by atoms with Crippen molar-refractivity contribution in [2.75, 3.05) is 5.88 Å². The van der Waals surface area contributed by atoms with Crippen LogP contribution in [0.3, 0.4) is 0 Å². The quantitative estimate of drug-likeness (QED) is 0.636. The first-order valence-electron chi connectivity index (χ1n) is 5.08. The molecule has 0 fully saturated rings. The van der Waals surface area contributed by atoms with Crippen LogP contribution in [0.5, 0.6) is 0 Å². The van der Waals surface area contributed by atoms with Crippen molar-refractivity contribution in [1.29, 1.82) is 0 Å². The number of aryl methyl sites for hydroxylation is 1. The van der Waals surface area contributed by atoms with E-state index in [2.05, 4.69) is 16.7 Å². The smallest absolute Gasteiger partial charge is 0.251 e. The number of rotatable bonds is 4. The maximum absolute atomic E-state index is 11.6. The summed E-state index contributed by atoms with van der Waals surface area (Å²) in [5, 5.41) is 0. The second kappa shape index (κ2) is 5.66. The number of hydrogen-bond donors (Lipinski definition) is 1. The zero-order chi connectivity index (χ0) is 12.1. The summed E-state index contributed by atoms with van der Waals surface area (Å²) < 4.78 is 0. The molecule has 1 N–H and O–H groups in total. The third-order valence-corrected chi connectivity index (χ3v) is 2.70. The number of allylic oxidation sites excluding steroid dienone is 1. The molecule has 0 atom stereocenters. The SMILES string of the molecule is C=Nc1cc(CC)c(=O)[nH]c1/C=C(\C)CCl. The van der Waals surface area contributed by atoms with Crippen LogP contribution in [-0.4, -0.2) is 17.6 Å². The van der Waals surface area contributed by atoms with Crippen LogP contribution in [-0.2, 0) is 6.42 Å². The molecular weight excluding hydrogens is 224 g/mol. The van der Waals surface area contributed by atoms with Crippen molar-refractivity contribution in [3.63, 3.8) is 0 Å². The fourth-order valence-corrected chi connectivity index (χ4v) is 1.44. The van der Waals surface area contributed by atoms with Crippen molar-refractivity contribution in [3.05, 3.63) is 33.3 Å². The van der Waals surface area contributed by atoms with Crippen LogP contribution in [0.4, 0.5) is 5.69 Å². The van der Waals surface area contributed by atoms with Crippen LogP contribution in [0.25, 0.3) is 6.08 Å². The molecular formula is C12H15ClN2O. The van der Waals surface area contributed by atoms with Crippen LogP contribution >= 0.6 is 11.6 Å². The molecule has 16 heavy (non-hydrogen) atoms. The Morgan fingerprint density at radius 2 is 2.38 bits per heavy atom. The minimum Gasteiger partial charge on any atom is -0.320 e. The Labute approximate surface area is 99.9 Å². The molecule has 1 aromatic rings. The number of alkyl halides is 1. The Bertz CT molecular complexity index is 474. The second-order valence-corrected chi connectivity index (χ2v) is 3.83. The third kappa shape index (κ3) is 2.83. The molecule has 0 amide bonds. The van der Waals surface area contributed by atoms with Crippen molar-refractivity contribution in [3.8, 4) is 0 Å². The van der Waals surface area contributed by atoms with Gasteiger partial charge in [0.15, 0.2) is 0 Å². The molecule has 4 heteroatoms. The molecule has 86 valence electrons. The molecule has 0 spiro atoms. The summed E-state index contributed by atoms with van der Waals surface area (Å²) in [5.74, 6) is 0.425. The maximum atomic E-state index is 11.6. The van der Waals surface area contributed by atoms with Gasteiger partial charge in [-0.2, -0.15) is 0 Å². The number of aromatic amines is 1. The molecule has 0 saturated carbocycles. The Balaban J connectivity index is 3.34. The molecule has 1 heterocycles. The molecule has 0 aromatic carbocycles. The average Bonchev–Trinajstić information content (AvgIpc) is 2.29. The highest BCUT2D eigenvalue weighted by Gasteiger charge is 2.04. The van der Waals surface area contributed by atoms with Crippen molar-refractivity contribution in [1.82, 2.24) is 4.98 Å². The first-order valence-corrected chi connectivity index (χ1v) is 5.61. The van der Waals surface area contributed by atoms with Gasteiger partial charge in [0.2, 0.25) is 0 Å². The standard InChI is InChI=1S/C12H15ClN2O/c1-4-9-6-10(14-3)11(15-12(9)16)5-8(2)7-13/h5-6H,3-4,7H2,1-2H3,(H,15,16)/b8-5+. The highest BCUT2D eigenvalue weighted by atomic mass is 35.5. The second-order valence-electron chi connectivity index (χ2n) is 3.56. The van der Waals surface area contributed by atoms with Gasteiger partial charge in [-0.15, -0.1) is 11.6 Å². The first kappa shape index (κ1) is 12.7. The zero-order valence-electron chi connectivity index (χ0n) is 9.51. The van der Waals surface area contributed by atoms with Gasteiger partial charge in [0.05, 0.1) is 11.4 Å². The number of hydrogen-bond acceptors (Lipinski definition) is 2. The van der Waals surface area contributed by atoms with Gasteiger partial charge >= 0.3 is 0 Å². The van der Waals surface area contributed by atoms with E-state index in [0.717, 1.165) is 5.57 Å². The lowest BCUT2D eigenvalue weighted by molar-refractivity contribution is 1.05. The van der Waals surface area contributed by atoms with Gasteiger partial charge in [0.1, 0.15) is 0 Å². The van der Waals surface area contributed by atoms with Gasteiger partial charge in [-0.25, -0.2) is 0 Å². The van der Waals surface area contributed by atoms with E-state index in [-0.39, 0.29) is 5.56 Å². The molecule has 0 radical (unpaired) electrons. The summed E-state index contributed by atoms with van der Waals surface area (Å²) in [6, 6.07) is 1.76. The molecule has 0 aliphatic carbocycles. The number of aliphatic imine (C=N–C) groups is 1. The molecule has 1 aromatic heterocycles. The van der Waals surface area contributed by atoms with Gasteiger partial charge in [-0.3, -0.25) is 9.79 Å². The van der Waals surface area contributed by atoms with Gasteiger partial charge in [-0.1, -0.05) is 12.5 Å². The van der Waals surface area contributed by atoms with Crippen LogP contribution < -0.4 is 5.56 Å². The van der Waals surface area contributed by atoms with E-state index in [9.17, 15) is 4.79 Å². The van der Waals surface area contributed by atoms with Gasteiger partial charge in [-0.05, 0) is 32.2 Å². The van der Waals surface area contributed by atoms with Crippen LogP contribution in [0.15, 0.2) is 21.4 Å². The Morgan fingerprint density at radius 3 is 2.88 bits per heavy atom. The van der Waals surface area contributed by atoms with Crippen molar-refractivity contribution in [2.24, 2.45) is 4.99 Å². The number of pyridine rings is 1. The summed E-state index contributed by atoms with van der Waals surface area (Å²) in [4.78, 5) is 18.3. The van der Waals surface area contributed by atoms with Gasteiger partial charge in [0, 0.05) is 11.4 Å². The highest BCUT2D eigenvalue weighted by molar-refractivity contribution is 6.19. The molecule has 3 nitrogen and oxygen atoms in total. The summed E-state index contributed by atoms with van der Waals surface area (Å²) in [5.41, 5.74) is 2.94. The van der Waals surface area contributed by atoms with E-state index in [1.165, 1.54) is 0 Å². The van der Waals surface area contributed by atoms with E-state index in [4.69, 9.17) is 11.6 Å². The predicted octanol–water partition coefficient (Wildman–Crippen LogP) is 2.91. The van der Waals surface area contributed by atoms with Crippen LogP contribution in [0.1, 0.15) is 25.1 Å². The summed E-state index contributed by atoms with van der Waals surface area (Å²) in [7, 11) is 0. The van der Waals surface area contributed by atoms with Crippen LogP contribution in [0.2, 0.25) is 0 Å². The number of nitrogens with one attached hydrogen (secondary N) is 1. The number of H-pyrrole nitrogens is 1. The number of nitrogens with zero attached hydrogens (tertiary/aromatic N) is 1. The monoisotopic (exact) mass is 238 g/mol. The Morgan fingerprint density at radius 1 is 1.69 bits per heavy atom. The Kier molecular flexibility index (Phi) is 4.50. The third-order valence-electron chi connectivity index (χ3n) is 2.28. The van der Waals surface area contributed by atoms with Crippen molar-refractivity contribution in [2.45, 2.75) is 20.3 Å². The fourth-order valence-electron chi connectivity index (χ4n) is 1.36. The summed E-state index contributed by atoms with van der Waals surface area (Å²) in [6.45, 7) is 7.32. The number of halogens is 1. The topological polar surface area (TPSA) is 45.2 Å². The van der Waals surface area contributed by atoms with Crippen molar-refractivity contribution >= 4 is 30.1 Å². The first-order chi connectivity index (χ1) is 7.62. The van der Waals surface area contributed by atoms with Gasteiger partial charge in [0.25, 0.3) is 5.56 Å². The van der Waals surface area contributed by atoms with E-state index >= 15 is 0 Å². The lowest BCUT2D eigenvalue weighted by Crippen LogP contribution is -2.12. The van der Waals surface area contributed by atoms with E-state index in [1.807, 2.05) is 19.9 Å². The minimum absolute atomic E-state index is 0.0801. The molecule has 0 saturated heterocycles. The number of aromatic nitrogens is 1. The van der Waals surface area contributed by atoms with E-state index in [1.54, 1.807) is 6.07 Å². The van der Waals surface area contributed by atoms with E-state index in [0.29, 0.717) is 29.2 Å². The predicted molar refractivity (Wildman–Crippen MR) is 70.0 cm³/mol. The maximum Gasteiger partial charge on any atom is 0.251 e. The zero-order valence-corrected chi connectivity index (χ0v) is 10.3. The minimum atomic E-state index is -0.0801. The molecule has 0 aliphatic rings. The fraction of sp³-hybridized carbons (Fsp3) is 0.333. The average molecular weight is 239 g/mol. The van der Waals surface area contributed by atoms with Crippen LogP contribution in [0, 0.1) is 0 Å². The summed E-state index contributed by atoms with van der Waals surface area (Å²) in [6.07, 6.45) is 2.49. The lowest BCUT2D eigenvalue weighted by atomic mass is 10.1. The van der Waals surface area contributed by atoms with Gasteiger partial charge < -0.3 is 4.98 Å². The highest BCUT2D eigenvalue weighted by Crippen LogP contribution is 2.19. The molecule has 0 bridgehead atoms.